The molecule has 2 rings (SSSR count). The van der Waals surface area contributed by atoms with Gasteiger partial charge in [0.25, 0.3) is 0 Å². The third-order valence-electron chi connectivity index (χ3n) is 5.31. The minimum absolute atomic E-state index is 0.138. The molecule has 2 amide bonds. The molecule has 0 aliphatic carbocycles. The van der Waals surface area contributed by atoms with Gasteiger partial charge >= 0.3 is 0 Å². The highest BCUT2D eigenvalue weighted by molar-refractivity contribution is 7.92. The Morgan fingerprint density at radius 2 is 1.72 bits per heavy atom. The fourth-order valence-corrected chi connectivity index (χ4v) is 4.32. The van der Waals surface area contributed by atoms with Crippen LogP contribution in [0.1, 0.15) is 30.5 Å². The second-order valence-corrected chi connectivity index (χ2v) is 10.1. The lowest BCUT2D eigenvalue weighted by molar-refractivity contribution is -0.139. The highest BCUT2D eigenvalue weighted by Crippen LogP contribution is 2.25. The lowest BCUT2D eigenvalue weighted by Crippen LogP contribution is -2.51. The number of hydrogen-bond acceptors (Lipinski definition) is 4. The van der Waals surface area contributed by atoms with Crippen LogP contribution in [0, 0.1) is 13.8 Å². The molecule has 0 radical (unpaired) electrons. The van der Waals surface area contributed by atoms with Crippen molar-refractivity contribution < 1.29 is 18.0 Å². The zero-order valence-corrected chi connectivity index (χ0v) is 20.6. The Morgan fingerprint density at radius 1 is 1.09 bits per heavy atom. The highest BCUT2D eigenvalue weighted by atomic mass is 35.5. The molecule has 0 aromatic heterocycles. The average Bonchev–Trinajstić information content (AvgIpc) is 2.72. The molecular weight excluding hydrogens is 450 g/mol. The Morgan fingerprint density at radius 3 is 2.28 bits per heavy atom. The van der Waals surface area contributed by atoms with E-state index in [9.17, 15) is 18.0 Å². The van der Waals surface area contributed by atoms with Gasteiger partial charge in [0.15, 0.2) is 0 Å². The molecular formula is C23H30ClN3O4S. The van der Waals surface area contributed by atoms with Gasteiger partial charge in [-0.15, -0.1) is 0 Å². The van der Waals surface area contributed by atoms with E-state index in [4.69, 9.17) is 11.6 Å². The molecule has 0 saturated carbocycles. The van der Waals surface area contributed by atoms with Crippen LogP contribution in [0.2, 0.25) is 5.02 Å². The fourth-order valence-electron chi connectivity index (χ4n) is 3.29. The van der Waals surface area contributed by atoms with E-state index in [0.717, 1.165) is 27.3 Å². The van der Waals surface area contributed by atoms with Crippen molar-refractivity contribution in [3.8, 4) is 0 Å². The van der Waals surface area contributed by atoms with Crippen molar-refractivity contribution in [3.63, 3.8) is 0 Å². The summed E-state index contributed by atoms with van der Waals surface area (Å²) in [5.41, 5.74) is 2.90. The molecule has 0 aliphatic heterocycles. The third kappa shape index (κ3) is 6.46. The summed E-state index contributed by atoms with van der Waals surface area (Å²) in [5.74, 6) is -0.794. The first kappa shape index (κ1) is 25.7. The summed E-state index contributed by atoms with van der Waals surface area (Å²) in [6, 6.07) is 11.5. The number of benzene rings is 2. The smallest absolute Gasteiger partial charge is 0.244 e. The van der Waals surface area contributed by atoms with Gasteiger partial charge in [-0.2, -0.15) is 0 Å². The maximum Gasteiger partial charge on any atom is 0.244 e. The van der Waals surface area contributed by atoms with Gasteiger partial charge in [0.2, 0.25) is 21.8 Å². The van der Waals surface area contributed by atoms with Gasteiger partial charge in [0.1, 0.15) is 12.6 Å². The van der Waals surface area contributed by atoms with Crippen LogP contribution in [0.15, 0.2) is 42.5 Å². The van der Waals surface area contributed by atoms with E-state index < -0.39 is 28.5 Å². The summed E-state index contributed by atoms with van der Waals surface area (Å²) in [4.78, 5) is 27.3. The normalized spacial score (nSPS) is 12.2. The van der Waals surface area contributed by atoms with Gasteiger partial charge < -0.3 is 10.2 Å². The summed E-state index contributed by atoms with van der Waals surface area (Å²) >= 11 is 5.96. The van der Waals surface area contributed by atoms with Crippen LogP contribution in [-0.2, 0) is 26.2 Å². The number of aryl methyl sites for hydroxylation is 1. The third-order valence-corrected chi connectivity index (χ3v) is 6.69. The molecule has 7 nitrogen and oxygen atoms in total. The molecule has 1 atom stereocenters. The Bertz CT molecular complexity index is 1070. The molecule has 0 bridgehead atoms. The molecule has 2 aromatic rings. The van der Waals surface area contributed by atoms with E-state index in [1.807, 2.05) is 19.9 Å². The zero-order chi connectivity index (χ0) is 24.1. The van der Waals surface area contributed by atoms with Crippen LogP contribution >= 0.6 is 11.6 Å². The second kappa shape index (κ2) is 10.8. The van der Waals surface area contributed by atoms with E-state index in [2.05, 4.69) is 5.32 Å². The number of rotatable bonds is 9. The number of nitrogens with one attached hydrogen (secondary N) is 1. The van der Waals surface area contributed by atoms with Crippen molar-refractivity contribution >= 4 is 39.1 Å². The molecule has 32 heavy (non-hydrogen) atoms. The Hall–Kier alpha value is -2.58. The minimum Gasteiger partial charge on any atom is -0.355 e. The number of likely N-dealkylation sites (N-methyl/N-ethyl adjacent to an activating group) is 1. The molecule has 0 heterocycles. The SMILES string of the molecule is CCNC(=O)[C@@H](C)N(Cc1ccc(Cl)cc1)C(=O)CN(c1cccc(C)c1C)S(C)(=O)=O. The first-order valence-electron chi connectivity index (χ1n) is 10.3. The van der Waals surface area contributed by atoms with E-state index >= 15 is 0 Å². The standard InChI is InChI=1S/C23H30ClN3O4S/c1-6-25-23(29)18(4)26(14-19-10-12-20(24)13-11-19)22(28)15-27(32(5,30)31)21-9-7-8-16(2)17(21)3/h7-13,18H,6,14-15H2,1-5H3,(H,25,29)/t18-/m1/s1. The van der Waals surface area contributed by atoms with Gasteiger partial charge in [0, 0.05) is 18.1 Å². The first-order valence-corrected chi connectivity index (χ1v) is 12.5. The van der Waals surface area contributed by atoms with E-state index in [1.165, 1.54) is 4.90 Å². The number of carbonyl (C=O) groups excluding carboxylic acids is 2. The van der Waals surface area contributed by atoms with Crippen LogP contribution in [-0.4, -0.2) is 50.5 Å². The van der Waals surface area contributed by atoms with Gasteiger partial charge in [-0.1, -0.05) is 35.9 Å². The van der Waals surface area contributed by atoms with Crippen LogP contribution in [0.25, 0.3) is 0 Å². The maximum absolute atomic E-state index is 13.4. The molecule has 1 N–H and O–H groups in total. The number of hydrogen-bond donors (Lipinski definition) is 1. The first-order chi connectivity index (χ1) is 15.0. The van der Waals surface area contributed by atoms with Crippen LogP contribution in [0.4, 0.5) is 5.69 Å². The van der Waals surface area contributed by atoms with Gasteiger partial charge in [-0.3, -0.25) is 13.9 Å². The summed E-state index contributed by atoms with van der Waals surface area (Å²) < 4.78 is 26.3. The Labute approximate surface area is 195 Å². The number of nitrogens with zero attached hydrogens (tertiary/aromatic N) is 2. The number of carbonyl (C=O) groups is 2. The molecule has 0 unspecified atom stereocenters. The second-order valence-electron chi connectivity index (χ2n) is 7.71. The van der Waals surface area contributed by atoms with Crippen molar-refractivity contribution in [1.29, 1.82) is 0 Å². The van der Waals surface area contributed by atoms with Crippen molar-refractivity contribution in [1.82, 2.24) is 10.2 Å². The number of amides is 2. The summed E-state index contributed by atoms with van der Waals surface area (Å²) in [6.45, 7) is 7.26. The molecule has 0 spiro atoms. The lowest BCUT2D eigenvalue weighted by atomic mass is 10.1. The minimum atomic E-state index is -3.75. The van der Waals surface area contributed by atoms with Crippen molar-refractivity contribution in [2.75, 3.05) is 23.7 Å². The summed E-state index contributed by atoms with van der Waals surface area (Å²) in [5, 5.41) is 3.28. The number of sulfonamides is 1. The highest BCUT2D eigenvalue weighted by Gasteiger charge is 2.30. The number of anilines is 1. The van der Waals surface area contributed by atoms with Crippen molar-refractivity contribution in [3.05, 3.63) is 64.2 Å². The lowest BCUT2D eigenvalue weighted by Gasteiger charge is -2.32. The topological polar surface area (TPSA) is 86.8 Å². The predicted molar refractivity (Wildman–Crippen MR) is 128 cm³/mol. The molecule has 2 aromatic carbocycles. The van der Waals surface area contributed by atoms with Gasteiger partial charge in [-0.05, 0) is 62.6 Å². The number of halogens is 1. The predicted octanol–water partition coefficient (Wildman–Crippen LogP) is 3.28. The van der Waals surface area contributed by atoms with Crippen molar-refractivity contribution in [2.45, 2.75) is 40.3 Å². The maximum atomic E-state index is 13.4. The summed E-state index contributed by atoms with van der Waals surface area (Å²) in [6.07, 6.45) is 1.07. The summed E-state index contributed by atoms with van der Waals surface area (Å²) in [7, 11) is -3.75. The monoisotopic (exact) mass is 479 g/mol. The molecule has 174 valence electrons. The molecule has 0 fully saturated rings. The van der Waals surface area contributed by atoms with Crippen molar-refractivity contribution in [2.24, 2.45) is 0 Å². The average molecular weight is 480 g/mol. The zero-order valence-electron chi connectivity index (χ0n) is 19.1. The van der Waals surface area contributed by atoms with E-state index in [-0.39, 0.29) is 12.5 Å². The Kier molecular flexibility index (Phi) is 8.69. The molecule has 0 saturated heterocycles. The fraction of sp³-hybridized carbons (Fsp3) is 0.391. The van der Waals surface area contributed by atoms with E-state index in [1.54, 1.807) is 50.2 Å². The largest absolute Gasteiger partial charge is 0.355 e. The Balaban J connectivity index is 2.42. The quantitative estimate of drug-likeness (QED) is 0.598. The molecule has 9 heteroatoms. The van der Waals surface area contributed by atoms with Crippen LogP contribution in [0.3, 0.4) is 0 Å². The van der Waals surface area contributed by atoms with E-state index in [0.29, 0.717) is 17.3 Å². The molecule has 0 aliphatic rings. The van der Waals surface area contributed by atoms with Crippen LogP contribution in [0.5, 0.6) is 0 Å². The van der Waals surface area contributed by atoms with Crippen LogP contribution < -0.4 is 9.62 Å². The van der Waals surface area contributed by atoms with Gasteiger partial charge in [-0.25, -0.2) is 8.42 Å². The van der Waals surface area contributed by atoms with Gasteiger partial charge in [0.05, 0.1) is 11.9 Å².